The van der Waals surface area contributed by atoms with Crippen LogP contribution in [0.2, 0.25) is 0 Å². The Labute approximate surface area is 126 Å². The Morgan fingerprint density at radius 3 is 2.14 bits per heavy atom. The van der Waals surface area contributed by atoms with E-state index in [-0.39, 0.29) is 0 Å². The highest BCUT2D eigenvalue weighted by molar-refractivity contribution is 5.72. The Morgan fingerprint density at radius 2 is 1.52 bits per heavy atom. The maximum Gasteiger partial charge on any atom is 0.179 e. The van der Waals surface area contributed by atoms with Crippen LogP contribution < -0.4 is 15.2 Å². The number of hydrogen-bond acceptors (Lipinski definition) is 2. The second-order valence-corrected chi connectivity index (χ2v) is 5.07. The Morgan fingerprint density at radius 1 is 0.857 bits per heavy atom. The van der Waals surface area contributed by atoms with Crippen molar-refractivity contribution < 1.29 is 15.2 Å². The summed E-state index contributed by atoms with van der Waals surface area (Å²) in [5, 5.41) is 0. The molecule has 0 radical (unpaired) electrons. The van der Waals surface area contributed by atoms with Crippen molar-refractivity contribution in [1.29, 1.82) is 0 Å². The number of methoxy groups -OCH3 is 2. The molecule has 0 unspecified atom stereocenters. The van der Waals surface area contributed by atoms with E-state index in [2.05, 4.69) is 37.8 Å². The summed E-state index contributed by atoms with van der Waals surface area (Å²) < 4.78 is 10.6. The maximum atomic E-state index is 5.41. The molecule has 110 valence electrons. The van der Waals surface area contributed by atoms with E-state index in [4.69, 9.17) is 9.47 Å². The van der Waals surface area contributed by atoms with Gasteiger partial charge in [0, 0.05) is 6.07 Å². The van der Waals surface area contributed by atoms with Gasteiger partial charge in [-0.15, -0.1) is 0 Å². The van der Waals surface area contributed by atoms with E-state index in [1.807, 2.05) is 24.3 Å². The number of quaternary nitrogens is 1. The highest BCUT2D eigenvalue weighted by Crippen LogP contribution is 2.25. The van der Waals surface area contributed by atoms with Crippen LogP contribution in [0.1, 0.15) is 22.3 Å². The van der Waals surface area contributed by atoms with E-state index in [9.17, 15) is 0 Å². The molecule has 0 aliphatic carbocycles. The summed E-state index contributed by atoms with van der Waals surface area (Å²) >= 11 is 0. The van der Waals surface area contributed by atoms with Gasteiger partial charge < -0.3 is 15.2 Å². The third-order valence-electron chi connectivity index (χ3n) is 3.63. The fraction of sp³-hybridized carbons (Fsp3) is 0.222. The topological polar surface area (TPSA) is 46.1 Å². The van der Waals surface area contributed by atoms with Gasteiger partial charge in [0.15, 0.2) is 11.4 Å². The predicted molar refractivity (Wildman–Crippen MR) is 86.9 cm³/mol. The van der Waals surface area contributed by atoms with Crippen molar-refractivity contribution in [2.75, 3.05) is 14.2 Å². The molecule has 0 bridgehead atoms. The number of ether oxygens (including phenoxy) is 2. The van der Waals surface area contributed by atoms with E-state index in [0.717, 1.165) is 28.3 Å². The third-order valence-corrected chi connectivity index (χ3v) is 3.63. The number of benzene rings is 2. The first-order valence-electron chi connectivity index (χ1n) is 6.88. The highest BCUT2D eigenvalue weighted by Gasteiger charge is 2.04. The van der Waals surface area contributed by atoms with Gasteiger partial charge in [-0.05, 0) is 48.2 Å². The van der Waals surface area contributed by atoms with Crippen LogP contribution in [-0.2, 0) is 0 Å². The van der Waals surface area contributed by atoms with Gasteiger partial charge in [0.25, 0.3) is 0 Å². The summed E-state index contributed by atoms with van der Waals surface area (Å²) in [6.07, 6.45) is 4.15. The summed E-state index contributed by atoms with van der Waals surface area (Å²) in [6, 6.07) is 10.2. The van der Waals surface area contributed by atoms with Gasteiger partial charge in [-0.1, -0.05) is 24.3 Å². The molecule has 0 atom stereocenters. The highest BCUT2D eigenvalue weighted by atomic mass is 16.5. The fourth-order valence-electron chi connectivity index (χ4n) is 2.26. The average Bonchev–Trinajstić information content (AvgIpc) is 2.48. The third kappa shape index (κ3) is 3.44. The average molecular weight is 284 g/mol. The first-order valence-corrected chi connectivity index (χ1v) is 6.88. The Balaban J connectivity index is 2.29. The van der Waals surface area contributed by atoms with E-state index in [1.165, 1.54) is 11.1 Å². The summed E-state index contributed by atoms with van der Waals surface area (Å²) in [7, 11) is 3.36. The Kier molecular flexibility index (Phi) is 4.66. The molecular formula is C18H22NO2+. The molecule has 3 heteroatoms. The molecule has 21 heavy (non-hydrogen) atoms. The van der Waals surface area contributed by atoms with Gasteiger partial charge in [0.05, 0.1) is 14.2 Å². The first-order chi connectivity index (χ1) is 10.0. The summed E-state index contributed by atoms with van der Waals surface area (Å²) in [4.78, 5) is 0. The maximum absolute atomic E-state index is 5.41. The lowest BCUT2D eigenvalue weighted by atomic mass is 10.0. The number of rotatable bonds is 4. The number of aryl methyl sites for hydroxylation is 1. The van der Waals surface area contributed by atoms with Crippen molar-refractivity contribution in [2.24, 2.45) is 0 Å². The van der Waals surface area contributed by atoms with Crippen molar-refractivity contribution in [1.82, 2.24) is 0 Å². The van der Waals surface area contributed by atoms with Gasteiger partial charge in [0.2, 0.25) is 0 Å². The normalized spacial score (nSPS) is 10.9. The minimum atomic E-state index is 0.806. The van der Waals surface area contributed by atoms with Crippen molar-refractivity contribution in [3.05, 3.63) is 52.6 Å². The van der Waals surface area contributed by atoms with Gasteiger partial charge in [-0.25, -0.2) is 0 Å². The molecule has 0 amide bonds. The van der Waals surface area contributed by atoms with Crippen LogP contribution in [0.5, 0.6) is 11.5 Å². The zero-order chi connectivity index (χ0) is 15.4. The SMILES string of the molecule is COc1ccc(/C=C\c2cc(C)c(C)c(OC)c2)cc1[NH3+]. The molecule has 3 nitrogen and oxygen atoms in total. The summed E-state index contributed by atoms with van der Waals surface area (Å²) in [5.74, 6) is 1.72. The van der Waals surface area contributed by atoms with E-state index >= 15 is 0 Å². The second kappa shape index (κ2) is 6.46. The predicted octanol–water partition coefficient (Wildman–Crippen LogP) is 3.36. The van der Waals surface area contributed by atoms with Gasteiger partial charge >= 0.3 is 0 Å². The lowest BCUT2D eigenvalue weighted by molar-refractivity contribution is -0.256. The van der Waals surface area contributed by atoms with Crippen LogP contribution in [0, 0.1) is 13.8 Å². The molecule has 3 N–H and O–H groups in total. The standard InChI is InChI=1S/C18H21NO2/c1-12-9-15(11-18(21-4)13(12)2)6-5-14-7-8-17(20-3)16(19)10-14/h5-11H,19H2,1-4H3/p+1/b6-5-. The number of hydrogen-bond donors (Lipinski definition) is 1. The van der Waals surface area contributed by atoms with Crippen molar-refractivity contribution in [3.63, 3.8) is 0 Å². The van der Waals surface area contributed by atoms with Crippen molar-refractivity contribution in [3.8, 4) is 11.5 Å². The first kappa shape index (κ1) is 15.1. The molecule has 2 rings (SSSR count). The van der Waals surface area contributed by atoms with Crippen LogP contribution in [0.4, 0.5) is 5.69 Å². The molecule has 0 saturated carbocycles. The second-order valence-electron chi connectivity index (χ2n) is 5.07. The van der Waals surface area contributed by atoms with Crippen molar-refractivity contribution in [2.45, 2.75) is 13.8 Å². The molecule has 2 aromatic carbocycles. The molecule has 0 aliphatic heterocycles. The van der Waals surface area contributed by atoms with Crippen LogP contribution in [0.15, 0.2) is 30.3 Å². The zero-order valence-electron chi connectivity index (χ0n) is 13.1. The summed E-state index contributed by atoms with van der Waals surface area (Å²) in [6.45, 7) is 4.16. The molecule has 0 heterocycles. The van der Waals surface area contributed by atoms with E-state index in [0.29, 0.717) is 0 Å². The molecule has 0 aromatic heterocycles. The van der Waals surface area contributed by atoms with Gasteiger partial charge in [-0.2, -0.15) is 0 Å². The lowest BCUT2D eigenvalue weighted by Gasteiger charge is -2.09. The minimum Gasteiger partial charge on any atom is -0.496 e. The van der Waals surface area contributed by atoms with Crippen LogP contribution in [0.25, 0.3) is 12.2 Å². The van der Waals surface area contributed by atoms with E-state index in [1.54, 1.807) is 14.2 Å². The smallest absolute Gasteiger partial charge is 0.179 e. The van der Waals surface area contributed by atoms with Crippen LogP contribution >= 0.6 is 0 Å². The van der Waals surface area contributed by atoms with E-state index < -0.39 is 0 Å². The molecule has 0 fully saturated rings. The fourth-order valence-corrected chi connectivity index (χ4v) is 2.26. The largest absolute Gasteiger partial charge is 0.496 e. The molecule has 0 aliphatic rings. The molecule has 0 saturated heterocycles. The molecular weight excluding hydrogens is 262 g/mol. The Hall–Kier alpha value is -2.26. The molecule has 2 aromatic rings. The van der Waals surface area contributed by atoms with Crippen LogP contribution in [0.3, 0.4) is 0 Å². The monoisotopic (exact) mass is 284 g/mol. The van der Waals surface area contributed by atoms with Crippen molar-refractivity contribution >= 4 is 17.8 Å². The Bertz CT molecular complexity index is 675. The van der Waals surface area contributed by atoms with Gasteiger partial charge in [0.1, 0.15) is 5.75 Å². The zero-order valence-corrected chi connectivity index (χ0v) is 13.1. The lowest BCUT2D eigenvalue weighted by Crippen LogP contribution is -2.40. The quantitative estimate of drug-likeness (QED) is 0.875. The summed E-state index contributed by atoms with van der Waals surface area (Å²) in [5.41, 5.74) is 9.49. The van der Waals surface area contributed by atoms with Crippen LogP contribution in [-0.4, -0.2) is 14.2 Å². The minimum absolute atomic E-state index is 0.806. The molecule has 0 spiro atoms. The van der Waals surface area contributed by atoms with Gasteiger partial charge in [-0.3, -0.25) is 0 Å².